The third kappa shape index (κ3) is 4.85. The van der Waals surface area contributed by atoms with Gasteiger partial charge in [0.2, 0.25) is 5.95 Å². The van der Waals surface area contributed by atoms with Gasteiger partial charge < -0.3 is 9.64 Å². The van der Waals surface area contributed by atoms with Crippen molar-refractivity contribution in [2.75, 3.05) is 24.5 Å². The van der Waals surface area contributed by atoms with Crippen molar-refractivity contribution >= 4 is 23.1 Å². The van der Waals surface area contributed by atoms with E-state index in [1.54, 1.807) is 11.8 Å². The fraction of sp³-hybridized carbons (Fsp3) is 0.391. The molecule has 1 aromatic carbocycles. The summed E-state index contributed by atoms with van der Waals surface area (Å²) < 4.78 is 46.5. The molecule has 0 aliphatic carbocycles. The number of carbonyl (C=O) groups excluding carboxylic acids is 1. The Kier molecular flexibility index (Phi) is 6.89. The lowest BCUT2D eigenvalue weighted by Crippen LogP contribution is -2.54. The standard InChI is InChI=1S/C23H23F3N6O4/c1-3-4-11-31-17-18(32(22(35)29(2)19(17)33)13-15-8-6-5-7-9-15)28-21(31)30-12-10-27-16(14-30)36-20(34)23(24,25)26/h5-9,16,27H,10-14H2,1-2H3. The minimum Gasteiger partial charge on any atom is -0.438 e. The number of rotatable bonds is 5. The molecule has 0 spiro atoms. The lowest BCUT2D eigenvalue weighted by molar-refractivity contribution is -0.206. The molecule has 1 unspecified atom stereocenters. The van der Waals surface area contributed by atoms with Gasteiger partial charge in [-0.15, -0.1) is 5.92 Å². The van der Waals surface area contributed by atoms with E-state index in [4.69, 9.17) is 0 Å². The molecule has 4 rings (SSSR count). The Morgan fingerprint density at radius 3 is 2.61 bits per heavy atom. The van der Waals surface area contributed by atoms with E-state index >= 15 is 0 Å². The molecular weight excluding hydrogens is 481 g/mol. The maximum absolute atomic E-state index is 13.2. The minimum absolute atomic E-state index is 0.0536. The van der Waals surface area contributed by atoms with Crippen LogP contribution in [0.2, 0.25) is 0 Å². The molecule has 2 aromatic heterocycles. The van der Waals surface area contributed by atoms with Crippen LogP contribution in [0.4, 0.5) is 19.1 Å². The van der Waals surface area contributed by atoms with Crippen molar-refractivity contribution in [1.82, 2.24) is 24.0 Å². The maximum Gasteiger partial charge on any atom is 0.490 e. The number of anilines is 1. The molecule has 1 saturated heterocycles. The van der Waals surface area contributed by atoms with Crippen LogP contribution in [0.1, 0.15) is 12.5 Å². The molecule has 0 saturated carbocycles. The predicted octanol–water partition coefficient (Wildman–Crippen LogP) is 0.810. The van der Waals surface area contributed by atoms with Crippen molar-refractivity contribution < 1.29 is 22.7 Å². The number of alkyl halides is 3. The van der Waals surface area contributed by atoms with Crippen LogP contribution < -0.4 is 21.5 Å². The van der Waals surface area contributed by atoms with Gasteiger partial charge in [0.25, 0.3) is 5.56 Å². The fourth-order valence-electron chi connectivity index (χ4n) is 3.98. The SMILES string of the molecule is CC#CCn1c(N2CCNC(OC(=O)C(F)(F)F)C2)nc2c1c(=O)n(C)c(=O)n2Cc1ccccc1. The fourth-order valence-corrected chi connectivity index (χ4v) is 3.98. The van der Waals surface area contributed by atoms with E-state index in [0.717, 1.165) is 10.1 Å². The summed E-state index contributed by atoms with van der Waals surface area (Å²) in [6.07, 6.45) is -6.39. The third-order valence-corrected chi connectivity index (χ3v) is 5.71. The van der Waals surface area contributed by atoms with E-state index in [-0.39, 0.29) is 43.3 Å². The molecule has 13 heteroatoms. The summed E-state index contributed by atoms with van der Waals surface area (Å²) in [4.78, 5) is 43.7. The van der Waals surface area contributed by atoms with Gasteiger partial charge in [0.05, 0.1) is 19.6 Å². The first-order chi connectivity index (χ1) is 17.1. The van der Waals surface area contributed by atoms with E-state index in [1.165, 1.54) is 16.2 Å². The lowest BCUT2D eigenvalue weighted by atomic mass is 10.2. The monoisotopic (exact) mass is 504 g/mol. The number of ether oxygens (including phenoxy) is 1. The Morgan fingerprint density at radius 2 is 1.94 bits per heavy atom. The minimum atomic E-state index is -5.13. The summed E-state index contributed by atoms with van der Waals surface area (Å²) in [6.45, 7) is 2.15. The number of esters is 1. The summed E-state index contributed by atoms with van der Waals surface area (Å²) in [7, 11) is 1.37. The second-order valence-electron chi connectivity index (χ2n) is 8.11. The topological polar surface area (TPSA) is 103 Å². The molecule has 0 bridgehead atoms. The smallest absolute Gasteiger partial charge is 0.438 e. The number of hydrogen-bond donors (Lipinski definition) is 1. The molecular formula is C23H23F3N6O4. The normalized spacial score (nSPS) is 16.0. The Hall–Kier alpha value is -4.05. The van der Waals surface area contributed by atoms with Crippen molar-refractivity contribution in [3.05, 3.63) is 56.7 Å². The molecule has 3 heterocycles. The largest absolute Gasteiger partial charge is 0.490 e. The van der Waals surface area contributed by atoms with Crippen LogP contribution in [0.3, 0.4) is 0 Å². The third-order valence-electron chi connectivity index (χ3n) is 5.71. The summed E-state index contributed by atoms with van der Waals surface area (Å²) in [5, 5.41) is 2.72. The Bertz CT molecular complexity index is 1460. The molecule has 1 aliphatic rings. The summed E-state index contributed by atoms with van der Waals surface area (Å²) >= 11 is 0. The number of imidazole rings is 1. The van der Waals surface area contributed by atoms with Gasteiger partial charge >= 0.3 is 17.8 Å². The second-order valence-corrected chi connectivity index (χ2v) is 8.11. The van der Waals surface area contributed by atoms with Crippen LogP contribution in [-0.2, 0) is 29.7 Å². The van der Waals surface area contributed by atoms with Gasteiger partial charge in [-0.05, 0) is 12.5 Å². The van der Waals surface area contributed by atoms with E-state index < -0.39 is 29.6 Å². The van der Waals surface area contributed by atoms with Crippen molar-refractivity contribution in [2.45, 2.75) is 32.4 Å². The molecule has 0 radical (unpaired) electrons. The number of halogens is 3. The average Bonchev–Trinajstić information content (AvgIpc) is 3.23. The predicted molar refractivity (Wildman–Crippen MR) is 124 cm³/mol. The number of carbonyl (C=O) groups is 1. The second kappa shape index (κ2) is 9.90. The molecule has 1 N–H and O–H groups in total. The highest BCUT2D eigenvalue weighted by atomic mass is 19.4. The molecule has 36 heavy (non-hydrogen) atoms. The van der Waals surface area contributed by atoms with Crippen LogP contribution in [0, 0.1) is 11.8 Å². The summed E-state index contributed by atoms with van der Waals surface area (Å²) in [6, 6.07) is 9.15. The van der Waals surface area contributed by atoms with Gasteiger partial charge in [0.1, 0.15) is 0 Å². The van der Waals surface area contributed by atoms with Crippen molar-refractivity contribution in [2.24, 2.45) is 7.05 Å². The number of fused-ring (bicyclic) bond motifs is 1. The van der Waals surface area contributed by atoms with E-state index in [2.05, 4.69) is 26.9 Å². The van der Waals surface area contributed by atoms with E-state index in [0.29, 0.717) is 6.54 Å². The van der Waals surface area contributed by atoms with Crippen LogP contribution in [0.15, 0.2) is 39.9 Å². The van der Waals surface area contributed by atoms with Crippen molar-refractivity contribution in [3.8, 4) is 11.8 Å². The first kappa shape index (κ1) is 25.1. The van der Waals surface area contributed by atoms with Gasteiger partial charge in [0, 0.05) is 20.1 Å². The highest BCUT2D eigenvalue weighted by molar-refractivity contribution is 5.76. The van der Waals surface area contributed by atoms with Crippen LogP contribution in [-0.4, -0.2) is 56.7 Å². The first-order valence-electron chi connectivity index (χ1n) is 11.0. The first-order valence-corrected chi connectivity index (χ1v) is 11.0. The number of piperazine rings is 1. The zero-order valence-electron chi connectivity index (χ0n) is 19.5. The van der Waals surface area contributed by atoms with Gasteiger partial charge in [0.15, 0.2) is 17.4 Å². The molecule has 0 amide bonds. The quantitative estimate of drug-likeness (QED) is 0.405. The van der Waals surface area contributed by atoms with Gasteiger partial charge in [-0.1, -0.05) is 36.3 Å². The van der Waals surface area contributed by atoms with Crippen LogP contribution in [0.25, 0.3) is 11.2 Å². The van der Waals surface area contributed by atoms with E-state index in [1.807, 2.05) is 30.3 Å². The summed E-state index contributed by atoms with van der Waals surface area (Å²) in [5.41, 5.74) is -0.0711. The number of hydrogen-bond acceptors (Lipinski definition) is 7. The zero-order chi connectivity index (χ0) is 26.0. The van der Waals surface area contributed by atoms with Crippen LogP contribution >= 0.6 is 0 Å². The molecule has 1 fully saturated rings. The highest BCUT2D eigenvalue weighted by Gasteiger charge is 2.43. The number of aromatic nitrogens is 4. The maximum atomic E-state index is 13.2. The zero-order valence-corrected chi connectivity index (χ0v) is 19.5. The van der Waals surface area contributed by atoms with Crippen molar-refractivity contribution in [1.29, 1.82) is 0 Å². The van der Waals surface area contributed by atoms with Gasteiger partial charge in [-0.25, -0.2) is 9.59 Å². The summed E-state index contributed by atoms with van der Waals surface area (Å²) in [5.74, 6) is 3.55. The molecule has 1 aliphatic heterocycles. The van der Waals surface area contributed by atoms with E-state index in [9.17, 15) is 27.6 Å². The van der Waals surface area contributed by atoms with Gasteiger partial charge in [-0.3, -0.25) is 23.8 Å². The molecule has 190 valence electrons. The Balaban J connectivity index is 1.82. The number of nitrogens with one attached hydrogen (secondary N) is 1. The Labute approximate surface area is 202 Å². The molecule has 3 aromatic rings. The highest BCUT2D eigenvalue weighted by Crippen LogP contribution is 2.23. The average molecular weight is 504 g/mol. The number of benzene rings is 1. The molecule has 1 atom stereocenters. The number of nitrogens with zero attached hydrogens (tertiary/aromatic N) is 5. The van der Waals surface area contributed by atoms with Gasteiger partial charge in [-0.2, -0.15) is 18.2 Å². The Morgan fingerprint density at radius 1 is 1.22 bits per heavy atom. The molecule has 10 nitrogen and oxygen atoms in total. The van der Waals surface area contributed by atoms with Crippen molar-refractivity contribution in [3.63, 3.8) is 0 Å². The van der Waals surface area contributed by atoms with Crippen LogP contribution in [0.5, 0.6) is 0 Å². The lowest BCUT2D eigenvalue weighted by Gasteiger charge is -2.33.